The summed E-state index contributed by atoms with van der Waals surface area (Å²) in [6, 6.07) is 17.6. The summed E-state index contributed by atoms with van der Waals surface area (Å²) >= 11 is 6.33. The van der Waals surface area contributed by atoms with Crippen molar-refractivity contribution in [2.75, 3.05) is 5.32 Å². The smallest absolute Gasteiger partial charge is 0.356 e. The molecule has 29 heavy (non-hydrogen) atoms. The van der Waals surface area contributed by atoms with Crippen LogP contribution < -0.4 is 5.32 Å². The van der Waals surface area contributed by atoms with E-state index in [4.69, 9.17) is 11.6 Å². The molecule has 2 aromatic carbocycles. The molecule has 3 aromatic rings. The van der Waals surface area contributed by atoms with E-state index >= 15 is 0 Å². The van der Waals surface area contributed by atoms with E-state index in [9.17, 15) is 14.7 Å². The van der Waals surface area contributed by atoms with E-state index in [1.54, 1.807) is 24.3 Å². The first-order chi connectivity index (χ1) is 13.7. The molecule has 0 unspecified atom stereocenters. The first kappa shape index (κ1) is 20.6. The summed E-state index contributed by atoms with van der Waals surface area (Å²) in [5.41, 5.74) is 2.29. The number of carboxylic acid groups (broad SMARTS) is 1. The molecule has 1 amide bonds. The summed E-state index contributed by atoms with van der Waals surface area (Å²) in [7, 11) is 0. The third-order valence-corrected chi connectivity index (χ3v) is 4.78. The molecule has 0 fully saturated rings. The Kier molecular flexibility index (Phi) is 5.71. The van der Waals surface area contributed by atoms with Crippen molar-refractivity contribution in [3.05, 3.63) is 82.5 Å². The van der Waals surface area contributed by atoms with Gasteiger partial charge in [-0.1, -0.05) is 74.8 Å². The van der Waals surface area contributed by atoms with Crippen LogP contribution in [0.25, 0.3) is 11.3 Å². The number of aromatic nitrogens is 1. The maximum atomic E-state index is 12.6. The van der Waals surface area contributed by atoms with Gasteiger partial charge in [0, 0.05) is 11.1 Å². The minimum absolute atomic E-state index is 0.0315. The number of carbonyl (C=O) groups is 2. The Morgan fingerprint density at radius 3 is 2.17 bits per heavy atom. The van der Waals surface area contributed by atoms with Crippen LogP contribution in [0, 0.1) is 0 Å². The number of carboxylic acids is 1. The molecule has 0 aliphatic heterocycles. The van der Waals surface area contributed by atoms with Crippen LogP contribution in [0.3, 0.4) is 0 Å². The van der Waals surface area contributed by atoms with Gasteiger partial charge >= 0.3 is 5.97 Å². The summed E-state index contributed by atoms with van der Waals surface area (Å²) in [4.78, 5) is 28.6. The number of pyridine rings is 1. The Bertz CT molecular complexity index is 1060. The highest BCUT2D eigenvalue weighted by molar-refractivity contribution is 6.33. The lowest BCUT2D eigenvalue weighted by atomic mass is 9.87. The van der Waals surface area contributed by atoms with E-state index in [-0.39, 0.29) is 21.8 Å². The topological polar surface area (TPSA) is 79.3 Å². The molecular weight excluding hydrogens is 388 g/mol. The van der Waals surface area contributed by atoms with Gasteiger partial charge < -0.3 is 10.4 Å². The molecule has 0 aliphatic rings. The van der Waals surface area contributed by atoms with Crippen molar-refractivity contribution >= 4 is 29.2 Å². The zero-order chi connectivity index (χ0) is 21.2. The number of carbonyl (C=O) groups excluding carboxylic acids is 1. The highest BCUT2D eigenvalue weighted by atomic mass is 35.5. The molecule has 0 aliphatic carbocycles. The molecular formula is C23H21ClN2O3. The minimum atomic E-state index is -1.25. The van der Waals surface area contributed by atoms with Gasteiger partial charge in [0.15, 0.2) is 5.69 Å². The largest absolute Gasteiger partial charge is 0.476 e. The third-order valence-electron chi connectivity index (χ3n) is 4.49. The standard InChI is InChI=1S/C23H21ClN2O3/c1-23(2,3)16-11-9-15(10-12-16)21(27)25-18-13-17(24)19(26-20(18)22(28)29)14-7-5-4-6-8-14/h4-13H,1-3H3,(H,25,27)(H,28,29). The van der Waals surface area contributed by atoms with E-state index in [0.29, 0.717) is 16.8 Å². The Balaban J connectivity index is 1.93. The van der Waals surface area contributed by atoms with E-state index < -0.39 is 11.9 Å². The monoisotopic (exact) mass is 408 g/mol. The van der Waals surface area contributed by atoms with E-state index in [0.717, 1.165) is 5.56 Å². The Labute approximate surface area is 174 Å². The van der Waals surface area contributed by atoms with Crippen molar-refractivity contribution in [1.29, 1.82) is 0 Å². The summed E-state index contributed by atoms with van der Waals surface area (Å²) in [5, 5.41) is 12.4. The van der Waals surface area contributed by atoms with E-state index in [2.05, 4.69) is 31.1 Å². The van der Waals surface area contributed by atoms with Crippen molar-refractivity contribution in [2.45, 2.75) is 26.2 Å². The average Bonchev–Trinajstić information content (AvgIpc) is 2.68. The first-order valence-electron chi connectivity index (χ1n) is 9.08. The second-order valence-corrected chi connectivity index (χ2v) is 8.07. The van der Waals surface area contributed by atoms with Gasteiger partial charge in [0.1, 0.15) is 0 Å². The number of hydrogen-bond donors (Lipinski definition) is 2. The van der Waals surface area contributed by atoms with Crippen LogP contribution in [0.4, 0.5) is 5.69 Å². The fourth-order valence-corrected chi connectivity index (χ4v) is 3.12. The van der Waals surface area contributed by atoms with E-state index in [1.807, 2.05) is 30.3 Å². The van der Waals surface area contributed by atoms with Crippen LogP contribution in [0.2, 0.25) is 5.02 Å². The molecule has 0 atom stereocenters. The van der Waals surface area contributed by atoms with Crippen molar-refractivity contribution in [1.82, 2.24) is 4.98 Å². The van der Waals surface area contributed by atoms with Crippen molar-refractivity contribution < 1.29 is 14.7 Å². The molecule has 0 bridgehead atoms. The van der Waals surface area contributed by atoms with Crippen LogP contribution in [-0.4, -0.2) is 22.0 Å². The predicted octanol–water partition coefficient (Wildman–Crippen LogP) is 5.65. The zero-order valence-corrected chi connectivity index (χ0v) is 17.1. The van der Waals surface area contributed by atoms with Gasteiger partial charge in [-0.3, -0.25) is 4.79 Å². The predicted molar refractivity (Wildman–Crippen MR) is 115 cm³/mol. The molecule has 0 spiro atoms. The highest BCUT2D eigenvalue weighted by Gasteiger charge is 2.20. The molecule has 148 valence electrons. The molecule has 3 rings (SSSR count). The Morgan fingerprint density at radius 1 is 1.00 bits per heavy atom. The van der Waals surface area contributed by atoms with Crippen molar-refractivity contribution in [3.8, 4) is 11.3 Å². The van der Waals surface area contributed by atoms with Gasteiger partial charge in [0.2, 0.25) is 0 Å². The number of anilines is 1. The van der Waals surface area contributed by atoms with Crippen LogP contribution in [0.15, 0.2) is 60.7 Å². The maximum absolute atomic E-state index is 12.6. The number of amides is 1. The van der Waals surface area contributed by atoms with Gasteiger partial charge in [-0.05, 0) is 29.2 Å². The first-order valence-corrected chi connectivity index (χ1v) is 9.46. The molecule has 0 saturated carbocycles. The van der Waals surface area contributed by atoms with Crippen molar-refractivity contribution in [3.63, 3.8) is 0 Å². The number of aromatic carboxylic acids is 1. The number of benzene rings is 2. The van der Waals surface area contributed by atoms with Gasteiger partial charge in [-0.25, -0.2) is 9.78 Å². The molecule has 1 aromatic heterocycles. The fraction of sp³-hybridized carbons (Fsp3) is 0.174. The number of nitrogens with zero attached hydrogens (tertiary/aromatic N) is 1. The normalized spacial score (nSPS) is 11.2. The lowest BCUT2D eigenvalue weighted by molar-refractivity contribution is 0.0692. The number of nitrogens with one attached hydrogen (secondary N) is 1. The second-order valence-electron chi connectivity index (χ2n) is 7.67. The number of halogens is 1. The van der Waals surface area contributed by atoms with Gasteiger partial charge in [0.25, 0.3) is 5.91 Å². The second kappa shape index (κ2) is 8.05. The summed E-state index contributed by atoms with van der Waals surface area (Å²) in [6.07, 6.45) is 0. The molecule has 5 nitrogen and oxygen atoms in total. The third kappa shape index (κ3) is 4.63. The number of rotatable bonds is 4. The van der Waals surface area contributed by atoms with Gasteiger partial charge in [-0.2, -0.15) is 0 Å². The minimum Gasteiger partial charge on any atom is -0.476 e. The Morgan fingerprint density at radius 2 is 1.62 bits per heavy atom. The van der Waals surface area contributed by atoms with Gasteiger partial charge in [0.05, 0.1) is 16.4 Å². The Hall–Kier alpha value is -3.18. The maximum Gasteiger partial charge on any atom is 0.356 e. The molecule has 6 heteroatoms. The average molecular weight is 409 g/mol. The molecule has 0 radical (unpaired) electrons. The van der Waals surface area contributed by atoms with E-state index in [1.165, 1.54) is 6.07 Å². The highest BCUT2D eigenvalue weighted by Crippen LogP contribution is 2.30. The molecule has 0 saturated heterocycles. The van der Waals surface area contributed by atoms with Crippen LogP contribution >= 0.6 is 11.6 Å². The summed E-state index contributed by atoms with van der Waals surface area (Å²) in [5.74, 6) is -1.68. The number of hydrogen-bond acceptors (Lipinski definition) is 3. The summed E-state index contributed by atoms with van der Waals surface area (Å²) < 4.78 is 0. The lowest BCUT2D eigenvalue weighted by Gasteiger charge is -2.19. The van der Waals surface area contributed by atoms with Gasteiger partial charge in [-0.15, -0.1) is 0 Å². The van der Waals surface area contributed by atoms with Crippen LogP contribution in [-0.2, 0) is 5.41 Å². The molecule has 1 heterocycles. The summed E-state index contributed by atoms with van der Waals surface area (Å²) in [6.45, 7) is 6.26. The SMILES string of the molecule is CC(C)(C)c1ccc(C(=O)Nc2cc(Cl)c(-c3ccccc3)nc2C(=O)O)cc1. The molecule has 2 N–H and O–H groups in total. The zero-order valence-electron chi connectivity index (χ0n) is 16.4. The van der Waals surface area contributed by atoms with Crippen LogP contribution in [0.5, 0.6) is 0 Å². The van der Waals surface area contributed by atoms with Crippen LogP contribution in [0.1, 0.15) is 47.2 Å². The van der Waals surface area contributed by atoms with Crippen molar-refractivity contribution in [2.24, 2.45) is 0 Å². The lowest BCUT2D eigenvalue weighted by Crippen LogP contribution is -2.17. The fourth-order valence-electron chi connectivity index (χ4n) is 2.86. The quantitative estimate of drug-likeness (QED) is 0.584.